The van der Waals surface area contributed by atoms with E-state index in [1.807, 2.05) is 49.4 Å². The molecule has 13 heteroatoms. The van der Waals surface area contributed by atoms with Gasteiger partial charge in [0.25, 0.3) is 4.38 Å². The number of carboxylic acid groups (broad SMARTS) is 1. The molecule has 4 rings (SSSR count). The molecule has 0 saturated carbocycles. The first kappa shape index (κ1) is 29.5. The molecule has 0 fully saturated rings. The number of thioether (sulfide) groups is 2. The number of nitrogens with zero attached hydrogens (tertiary/aromatic N) is 2. The van der Waals surface area contributed by atoms with E-state index in [9.17, 15) is 22.6 Å². The molecule has 10 nitrogen and oxygen atoms in total. The molecule has 202 valence electrons. The van der Waals surface area contributed by atoms with Crippen molar-refractivity contribution in [3.05, 3.63) is 83.1 Å². The molecule has 2 aromatic rings. The van der Waals surface area contributed by atoms with Gasteiger partial charge in [-0.15, -0.1) is 4.58 Å². The van der Waals surface area contributed by atoms with Crippen LogP contribution in [0.15, 0.2) is 77.5 Å². The second-order valence-electron chi connectivity index (χ2n) is 7.58. The van der Waals surface area contributed by atoms with E-state index in [1.54, 1.807) is 12.2 Å². The maximum Gasteiger partial charge on any atom is 0.428 e. The zero-order valence-electron chi connectivity index (χ0n) is 20.6. The summed E-state index contributed by atoms with van der Waals surface area (Å²) in [7, 11) is -4.42. The van der Waals surface area contributed by atoms with Crippen LogP contribution in [0.5, 0.6) is 5.75 Å². The molecule has 0 aliphatic carbocycles. The van der Waals surface area contributed by atoms with Gasteiger partial charge in [-0.1, -0.05) is 49.4 Å². The number of hydrogen-bond donors (Lipinski definition) is 1. The molecule has 1 amide bonds. The molecule has 0 aromatic heterocycles. The number of anilines is 1. The molecule has 1 N–H and O–H groups in total. The number of rotatable bonds is 8. The Morgan fingerprint density at radius 1 is 1.16 bits per heavy atom. The Morgan fingerprint density at radius 2 is 1.84 bits per heavy atom. The standard InChI is InChI=1S/C23H20N2O4S2.C2H6O4S/c1-2-30-23-25(15-21(26)27)22(28)19(31-23)12-13-20-24(14-16-8-4-3-5-9-16)17-10-6-7-11-18(17)29-20;1-2-6-7(3,4)5/h3-13H,2,14-15H2,1H3;2H2,1H3,(H,3,4,5)/b19-12+,20-13-;. The summed E-state index contributed by atoms with van der Waals surface area (Å²) < 4.78 is 40.1. The van der Waals surface area contributed by atoms with Crippen molar-refractivity contribution < 1.29 is 41.2 Å². The van der Waals surface area contributed by atoms with Gasteiger partial charge in [0.1, 0.15) is 4.91 Å². The van der Waals surface area contributed by atoms with Gasteiger partial charge in [-0.2, -0.15) is 0 Å². The Hall–Kier alpha value is -3.10. The maximum absolute atomic E-state index is 12.8. The molecule has 0 atom stereocenters. The van der Waals surface area contributed by atoms with E-state index in [1.165, 1.54) is 35.0 Å². The Labute approximate surface area is 229 Å². The van der Waals surface area contributed by atoms with E-state index in [0.717, 1.165) is 22.8 Å². The number of hydrogen-bond acceptors (Lipinski definition) is 10. The highest BCUT2D eigenvalue weighted by atomic mass is 32.3. The Morgan fingerprint density at radius 3 is 2.45 bits per heavy atom. The third-order valence-electron chi connectivity index (χ3n) is 4.89. The summed E-state index contributed by atoms with van der Waals surface area (Å²) >= 11 is 2.77. The van der Waals surface area contributed by atoms with Crippen LogP contribution in [0, 0.1) is 0 Å². The van der Waals surface area contributed by atoms with Gasteiger partial charge in [0, 0.05) is 11.8 Å². The second kappa shape index (κ2) is 13.6. The van der Waals surface area contributed by atoms with Crippen molar-refractivity contribution in [3.8, 4) is 5.75 Å². The van der Waals surface area contributed by atoms with Crippen LogP contribution in [0.3, 0.4) is 0 Å². The number of fused-ring (bicyclic) bond motifs is 1. The van der Waals surface area contributed by atoms with Crippen LogP contribution >= 0.6 is 23.5 Å². The van der Waals surface area contributed by atoms with Crippen molar-refractivity contribution in [2.24, 2.45) is 0 Å². The van der Waals surface area contributed by atoms with E-state index in [2.05, 4.69) is 21.2 Å². The van der Waals surface area contributed by atoms with Gasteiger partial charge in [0.15, 0.2) is 5.75 Å². The third-order valence-corrected chi connectivity index (χ3v) is 7.70. The fourth-order valence-corrected chi connectivity index (χ4v) is 5.89. The molecule has 2 aliphatic heterocycles. The summed E-state index contributed by atoms with van der Waals surface area (Å²) in [4.78, 5) is 26.5. The minimum Gasteiger partial charge on any atom is -0.726 e. The van der Waals surface area contributed by atoms with Crippen molar-refractivity contribution in [1.82, 2.24) is 0 Å². The van der Waals surface area contributed by atoms with Gasteiger partial charge >= 0.3 is 11.9 Å². The summed E-state index contributed by atoms with van der Waals surface area (Å²) in [5.41, 5.74) is 2.10. The summed E-state index contributed by atoms with van der Waals surface area (Å²) in [5, 5.41) is 9.16. The summed E-state index contributed by atoms with van der Waals surface area (Å²) in [6, 6.07) is 17.9. The second-order valence-corrected chi connectivity index (χ2v) is 11.2. The number of benzene rings is 2. The van der Waals surface area contributed by atoms with Gasteiger partial charge in [-0.3, -0.25) is 4.18 Å². The normalized spacial score (nSPS) is 16.9. The molecule has 2 heterocycles. The zero-order chi connectivity index (χ0) is 27.7. The van der Waals surface area contributed by atoms with E-state index in [0.29, 0.717) is 21.7 Å². The highest BCUT2D eigenvalue weighted by molar-refractivity contribution is 8.40. The number of ether oxygens (including phenoxy) is 1. The fourth-order valence-electron chi connectivity index (χ4n) is 3.41. The highest BCUT2D eigenvalue weighted by Crippen LogP contribution is 2.40. The average Bonchev–Trinajstić information content (AvgIpc) is 3.35. The number of carbonyl (C=O) groups excluding carboxylic acids is 1. The van der Waals surface area contributed by atoms with Crippen LogP contribution in [0.4, 0.5) is 5.69 Å². The quantitative estimate of drug-likeness (QED) is 0.212. The average molecular weight is 579 g/mol. The van der Waals surface area contributed by atoms with E-state index >= 15 is 0 Å². The maximum atomic E-state index is 12.8. The zero-order valence-corrected chi connectivity index (χ0v) is 23.1. The first-order valence-corrected chi connectivity index (χ1v) is 14.6. The van der Waals surface area contributed by atoms with Crippen LogP contribution in [-0.4, -0.2) is 57.8 Å². The first-order chi connectivity index (χ1) is 18.1. The molecule has 0 unspecified atom stereocenters. The lowest BCUT2D eigenvalue weighted by molar-refractivity contribution is -0.429. The minimum absolute atomic E-state index is 0.0914. The molecule has 0 spiro atoms. The molecule has 2 aliphatic rings. The van der Waals surface area contributed by atoms with Crippen molar-refractivity contribution in [3.63, 3.8) is 0 Å². The monoisotopic (exact) mass is 578 g/mol. The van der Waals surface area contributed by atoms with Crippen molar-refractivity contribution in [1.29, 1.82) is 0 Å². The smallest absolute Gasteiger partial charge is 0.428 e. The molecule has 38 heavy (non-hydrogen) atoms. The molecule has 2 aromatic carbocycles. The Kier molecular flexibility index (Phi) is 10.6. The Bertz CT molecular complexity index is 1370. The molecule has 0 radical (unpaired) electrons. The first-order valence-electron chi connectivity index (χ1n) is 11.4. The largest absolute Gasteiger partial charge is 0.726 e. The van der Waals surface area contributed by atoms with Gasteiger partial charge in [-0.25, -0.2) is 18.0 Å². The van der Waals surface area contributed by atoms with E-state index in [-0.39, 0.29) is 19.1 Å². The summed E-state index contributed by atoms with van der Waals surface area (Å²) in [6.45, 7) is 3.59. The lowest BCUT2D eigenvalue weighted by Crippen LogP contribution is -2.26. The highest BCUT2D eigenvalue weighted by Gasteiger charge is 2.39. The van der Waals surface area contributed by atoms with Crippen molar-refractivity contribution >= 4 is 55.9 Å². The summed E-state index contributed by atoms with van der Waals surface area (Å²) in [5.74, 6) is 0.794. The van der Waals surface area contributed by atoms with Crippen LogP contribution in [0.25, 0.3) is 0 Å². The molecule has 0 bridgehead atoms. The SMILES string of the molecule is CCOS(=O)(=O)[O-].CCSC1=[N+](CC(=O)O)C(=O)/C(=C\C=C2/Oc3ccccc3N2Cc2ccccc2)S1. The predicted octanol–water partition coefficient (Wildman–Crippen LogP) is 3.77. The number of aliphatic carboxylic acids is 1. The van der Waals surface area contributed by atoms with Crippen LogP contribution in [0.2, 0.25) is 0 Å². The Balaban J connectivity index is 0.000000505. The lowest BCUT2D eigenvalue weighted by atomic mass is 10.2. The van der Waals surface area contributed by atoms with E-state index < -0.39 is 16.4 Å². The molecular formula is C25H26N2O8S3. The number of carboxylic acids is 1. The predicted molar refractivity (Wildman–Crippen MR) is 146 cm³/mol. The van der Waals surface area contributed by atoms with Gasteiger partial charge in [-0.05, 0) is 54.2 Å². The van der Waals surface area contributed by atoms with E-state index in [4.69, 9.17) is 9.84 Å². The number of amides is 1. The van der Waals surface area contributed by atoms with Crippen molar-refractivity contribution in [2.45, 2.75) is 20.4 Å². The lowest BCUT2D eigenvalue weighted by Gasteiger charge is -2.18. The fraction of sp³-hybridized carbons (Fsp3) is 0.240. The van der Waals surface area contributed by atoms with Crippen molar-refractivity contribution in [2.75, 3.05) is 23.8 Å². The summed E-state index contributed by atoms with van der Waals surface area (Å²) in [6.07, 6.45) is 3.49. The third kappa shape index (κ3) is 8.20. The number of carbonyl (C=O) groups is 2. The number of para-hydroxylation sites is 2. The number of allylic oxidation sites excluding steroid dienone is 2. The minimum atomic E-state index is -4.42. The van der Waals surface area contributed by atoms with Crippen LogP contribution in [0.1, 0.15) is 19.4 Å². The van der Waals surface area contributed by atoms with Crippen LogP contribution in [-0.2, 0) is 30.7 Å². The van der Waals surface area contributed by atoms with Crippen LogP contribution < -0.4 is 9.64 Å². The topological polar surface area (TPSA) is 136 Å². The van der Waals surface area contributed by atoms with Gasteiger partial charge < -0.3 is 19.3 Å². The van der Waals surface area contributed by atoms with Gasteiger partial charge in [0.05, 0.1) is 18.8 Å². The molecular weight excluding hydrogens is 552 g/mol. The van der Waals surface area contributed by atoms with Gasteiger partial charge in [0.2, 0.25) is 22.8 Å². The molecule has 0 saturated heterocycles.